The summed E-state index contributed by atoms with van der Waals surface area (Å²) >= 11 is 0. The van der Waals surface area contributed by atoms with E-state index in [1.54, 1.807) is 18.2 Å². The van der Waals surface area contributed by atoms with Crippen LogP contribution in [0.25, 0.3) is 22.6 Å². The summed E-state index contributed by atoms with van der Waals surface area (Å²) < 4.78 is 1.96. The maximum absolute atomic E-state index is 11.0. The van der Waals surface area contributed by atoms with Crippen LogP contribution in [0.15, 0.2) is 54.7 Å². The van der Waals surface area contributed by atoms with Crippen LogP contribution in [-0.4, -0.2) is 15.6 Å². The molecule has 0 atom stereocenters. The predicted molar refractivity (Wildman–Crippen MR) is 97.7 cm³/mol. The van der Waals surface area contributed by atoms with Gasteiger partial charge in [-0.05, 0) is 29.8 Å². The lowest BCUT2D eigenvalue weighted by Crippen LogP contribution is -1.95. The molecule has 0 spiro atoms. The van der Waals surface area contributed by atoms with Crippen molar-refractivity contribution < 1.29 is 9.90 Å². The number of carboxylic acid groups (broad SMARTS) is 1. The zero-order valence-electron chi connectivity index (χ0n) is 13.3. The molecule has 0 amide bonds. The lowest BCUT2D eigenvalue weighted by Gasteiger charge is -2.00. The summed E-state index contributed by atoms with van der Waals surface area (Å²) in [6.07, 6.45) is 9.15. The summed E-state index contributed by atoms with van der Waals surface area (Å²) in [6.45, 7) is 0.448. The van der Waals surface area contributed by atoms with E-state index in [4.69, 9.17) is 11.5 Å². The fourth-order valence-electron chi connectivity index (χ4n) is 2.75. The largest absolute Gasteiger partial charge is 0.478 e. The van der Waals surface area contributed by atoms with Crippen LogP contribution in [0.3, 0.4) is 0 Å². The third-order valence-electron chi connectivity index (χ3n) is 3.94. The molecule has 4 heteroatoms. The van der Waals surface area contributed by atoms with Gasteiger partial charge in [0, 0.05) is 22.7 Å². The van der Waals surface area contributed by atoms with Crippen molar-refractivity contribution in [2.45, 2.75) is 6.54 Å². The van der Waals surface area contributed by atoms with Crippen LogP contribution >= 0.6 is 0 Å². The number of nitriles is 1. The first-order valence-electron chi connectivity index (χ1n) is 7.61. The van der Waals surface area contributed by atoms with E-state index in [1.165, 1.54) is 12.1 Å². The standard InChI is InChI=1S/C21H14N2O2/c1-2-11-23-14-18(19-5-3-4-6-20(19)23)12-17(13-22)15-7-9-16(10-8-15)21(24)25/h1,3-10,12,14H,11H2,(H,24,25)/b17-12-. The number of fused-ring (bicyclic) bond motifs is 1. The van der Waals surface area contributed by atoms with Gasteiger partial charge in [-0.25, -0.2) is 4.79 Å². The molecule has 0 aliphatic rings. The van der Waals surface area contributed by atoms with Gasteiger partial charge in [-0.2, -0.15) is 5.26 Å². The zero-order valence-corrected chi connectivity index (χ0v) is 13.3. The van der Waals surface area contributed by atoms with E-state index in [2.05, 4.69) is 12.0 Å². The number of nitrogens with zero attached hydrogens (tertiary/aromatic N) is 2. The minimum Gasteiger partial charge on any atom is -0.478 e. The molecule has 0 saturated carbocycles. The molecule has 0 aliphatic heterocycles. The Kier molecular flexibility index (Phi) is 4.37. The number of terminal acetylenes is 1. The normalized spacial score (nSPS) is 11.0. The number of hydrogen-bond acceptors (Lipinski definition) is 2. The average Bonchev–Trinajstić information content (AvgIpc) is 2.98. The quantitative estimate of drug-likeness (QED) is 0.581. The molecule has 25 heavy (non-hydrogen) atoms. The Bertz CT molecular complexity index is 1060. The minimum atomic E-state index is -0.994. The van der Waals surface area contributed by atoms with E-state index in [1.807, 2.05) is 35.0 Å². The van der Waals surface area contributed by atoms with E-state index in [0.717, 1.165) is 16.5 Å². The third kappa shape index (κ3) is 3.15. The number of benzene rings is 2. The van der Waals surface area contributed by atoms with Crippen molar-refractivity contribution >= 4 is 28.5 Å². The summed E-state index contributed by atoms with van der Waals surface area (Å²) in [6, 6.07) is 16.3. The third-order valence-corrected chi connectivity index (χ3v) is 3.94. The lowest BCUT2D eigenvalue weighted by molar-refractivity contribution is 0.0697. The molecule has 0 aliphatic carbocycles. The Morgan fingerprint density at radius 3 is 2.48 bits per heavy atom. The van der Waals surface area contributed by atoms with Gasteiger partial charge in [-0.3, -0.25) is 0 Å². The van der Waals surface area contributed by atoms with Gasteiger partial charge in [0.25, 0.3) is 0 Å². The highest BCUT2D eigenvalue weighted by atomic mass is 16.4. The maximum Gasteiger partial charge on any atom is 0.335 e. The predicted octanol–water partition coefficient (Wildman–Crippen LogP) is 4.04. The second kappa shape index (κ2) is 6.78. The molecule has 4 nitrogen and oxygen atoms in total. The fourth-order valence-corrected chi connectivity index (χ4v) is 2.75. The Balaban J connectivity index is 2.09. The monoisotopic (exact) mass is 326 g/mol. The van der Waals surface area contributed by atoms with E-state index in [9.17, 15) is 10.1 Å². The van der Waals surface area contributed by atoms with E-state index >= 15 is 0 Å². The first-order valence-corrected chi connectivity index (χ1v) is 7.61. The number of carbonyl (C=O) groups is 1. The first kappa shape index (κ1) is 16.1. The Morgan fingerprint density at radius 1 is 1.16 bits per heavy atom. The summed E-state index contributed by atoms with van der Waals surface area (Å²) in [5.41, 5.74) is 3.21. The summed E-state index contributed by atoms with van der Waals surface area (Å²) in [7, 11) is 0. The molecule has 0 fully saturated rings. The number of para-hydroxylation sites is 1. The maximum atomic E-state index is 11.0. The van der Waals surface area contributed by atoms with Gasteiger partial charge in [0.2, 0.25) is 0 Å². The van der Waals surface area contributed by atoms with Gasteiger partial charge >= 0.3 is 5.97 Å². The SMILES string of the molecule is C#CCn1cc(/C=C(/C#N)c2ccc(C(=O)O)cc2)c2ccccc21. The molecule has 2 aromatic carbocycles. The second-order valence-corrected chi connectivity index (χ2v) is 5.49. The molecule has 0 unspecified atom stereocenters. The van der Waals surface area contributed by atoms with Gasteiger partial charge in [0.1, 0.15) is 0 Å². The molecule has 1 aromatic heterocycles. The van der Waals surface area contributed by atoms with Crippen molar-refractivity contribution in [3.63, 3.8) is 0 Å². The first-order chi connectivity index (χ1) is 12.1. The smallest absolute Gasteiger partial charge is 0.335 e. The molecule has 0 radical (unpaired) electrons. The molecular weight excluding hydrogens is 312 g/mol. The van der Waals surface area contributed by atoms with Crippen LogP contribution in [0, 0.1) is 23.7 Å². The topological polar surface area (TPSA) is 66.0 Å². The summed E-state index contributed by atoms with van der Waals surface area (Å²) in [5.74, 6) is 1.63. The molecule has 120 valence electrons. The van der Waals surface area contributed by atoms with Crippen molar-refractivity contribution in [2.75, 3.05) is 0 Å². The number of allylic oxidation sites excluding steroid dienone is 1. The minimum absolute atomic E-state index is 0.187. The van der Waals surface area contributed by atoms with E-state index in [0.29, 0.717) is 17.7 Å². The number of carboxylic acids is 1. The average molecular weight is 326 g/mol. The lowest BCUT2D eigenvalue weighted by atomic mass is 10.0. The van der Waals surface area contributed by atoms with Crippen molar-refractivity contribution in [2.24, 2.45) is 0 Å². The summed E-state index contributed by atoms with van der Waals surface area (Å²) in [4.78, 5) is 11.0. The van der Waals surface area contributed by atoms with Crippen LogP contribution in [0.1, 0.15) is 21.5 Å². The molecule has 3 rings (SSSR count). The highest BCUT2D eigenvalue weighted by molar-refractivity contribution is 5.98. The van der Waals surface area contributed by atoms with Crippen molar-refractivity contribution in [3.8, 4) is 18.4 Å². The van der Waals surface area contributed by atoms with E-state index < -0.39 is 5.97 Å². The summed E-state index contributed by atoms with van der Waals surface area (Å²) in [5, 5.41) is 19.5. The van der Waals surface area contributed by atoms with Crippen LogP contribution in [-0.2, 0) is 6.54 Å². The second-order valence-electron chi connectivity index (χ2n) is 5.49. The highest BCUT2D eigenvalue weighted by Gasteiger charge is 2.09. The fraction of sp³-hybridized carbons (Fsp3) is 0.0476. The molecular formula is C21H14N2O2. The van der Waals surface area contributed by atoms with Gasteiger partial charge in [-0.15, -0.1) is 6.42 Å². The van der Waals surface area contributed by atoms with Gasteiger partial charge < -0.3 is 9.67 Å². The van der Waals surface area contributed by atoms with Crippen LogP contribution in [0.5, 0.6) is 0 Å². The number of rotatable bonds is 4. The molecule has 0 saturated heterocycles. The molecule has 3 aromatic rings. The van der Waals surface area contributed by atoms with Gasteiger partial charge in [0.15, 0.2) is 0 Å². The number of hydrogen-bond donors (Lipinski definition) is 1. The Labute approximate surface area is 145 Å². The highest BCUT2D eigenvalue weighted by Crippen LogP contribution is 2.26. The Hall–Kier alpha value is -3.76. The van der Waals surface area contributed by atoms with Gasteiger partial charge in [0.05, 0.1) is 23.8 Å². The number of aromatic nitrogens is 1. The molecule has 1 N–H and O–H groups in total. The van der Waals surface area contributed by atoms with E-state index in [-0.39, 0.29) is 5.56 Å². The van der Waals surface area contributed by atoms with Crippen LogP contribution in [0.2, 0.25) is 0 Å². The molecule has 1 heterocycles. The number of aromatic carboxylic acids is 1. The Morgan fingerprint density at radius 2 is 1.84 bits per heavy atom. The molecule has 0 bridgehead atoms. The van der Waals surface area contributed by atoms with Crippen molar-refractivity contribution in [1.29, 1.82) is 5.26 Å². The van der Waals surface area contributed by atoms with Crippen LogP contribution < -0.4 is 0 Å². The van der Waals surface area contributed by atoms with Crippen molar-refractivity contribution in [1.82, 2.24) is 4.57 Å². The van der Waals surface area contributed by atoms with Gasteiger partial charge in [-0.1, -0.05) is 36.3 Å². The van der Waals surface area contributed by atoms with Crippen LogP contribution in [0.4, 0.5) is 0 Å². The van der Waals surface area contributed by atoms with Crippen molar-refractivity contribution in [3.05, 3.63) is 71.4 Å². The zero-order chi connectivity index (χ0) is 17.8.